The van der Waals surface area contributed by atoms with Crippen LogP contribution in [0.25, 0.3) is 0 Å². The van der Waals surface area contributed by atoms with E-state index >= 15 is 0 Å². The maximum absolute atomic E-state index is 14.6. The number of sulfonamides is 1. The first-order valence-electron chi connectivity index (χ1n) is 12.7. The molecule has 3 aromatic carbocycles. The monoisotopic (exact) mass is 571 g/mol. The number of anilines is 1. The van der Waals surface area contributed by atoms with Crippen molar-refractivity contribution in [2.45, 2.75) is 38.3 Å². The number of aryl methyl sites for hydroxylation is 1. The van der Waals surface area contributed by atoms with E-state index in [9.17, 15) is 22.4 Å². The third-order valence-electron chi connectivity index (χ3n) is 6.36. The number of halogens is 1. The van der Waals surface area contributed by atoms with E-state index in [1.807, 2.05) is 6.92 Å². The van der Waals surface area contributed by atoms with Crippen molar-refractivity contribution in [1.82, 2.24) is 10.2 Å². The Labute approximate surface area is 234 Å². The van der Waals surface area contributed by atoms with E-state index in [1.54, 1.807) is 31.2 Å². The van der Waals surface area contributed by atoms with Crippen molar-refractivity contribution in [3.8, 4) is 11.5 Å². The Morgan fingerprint density at radius 1 is 1.00 bits per heavy atom. The van der Waals surface area contributed by atoms with Gasteiger partial charge in [-0.3, -0.25) is 13.9 Å². The molecule has 9 nitrogen and oxygen atoms in total. The lowest BCUT2D eigenvalue weighted by atomic mass is 10.1. The predicted octanol–water partition coefficient (Wildman–Crippen LogP) is 3.90. The standard InChI is InChI=1S/C29H34FN3O6S/c1-6-31-29(35)21(3)32(18-22-9-7-8-10-25(22)30)28(34)19-33(26-17-23(38-4)13-16-27(26)39-5)40(36,37)24-14-11-20(2)12-15-24/h7-17,21H,6,18-19H2,1-5H3,(H,31,35)/t21-/m1/s1. The molecule has 0 aliphatic rings. The van der Waals surface area contributed by atoms with Gasteiger partial charge in [0.1, 0.15) is 29.9 Å². The fourth-order valence-corrected chi connectivity index (χ4v) is 5.47. The highest BCUT2D eigenvalue weighted by Gasteiger charge is 2.34. The van der Waals surface area contributed by atoms with E-state index in [0.29, 0.717) is 12.3 Å². The molecule has 11 heteroatoms. The number of rotatable bonds is 12. The molecule has 0 saturated carbocycles. The molecule has 214 valence electrons. The zero-order chi connectivity index (χ0) is 29.4. The van der Waals surface area contributed by atoms with Gasteiger partial charge in [0.15, 0.2) is 0 Å². The Balaban J connectivity index is 2.13. The zero-order valence-corrected chi connectivity index (χ0v) is 24.0. The largest absolute Gasteiger partial charge is 0.497 e. The van der Waals surface area contributed by atoms with Crippen molar-refractivity contribution >= 4 is 27.5 Å². The normalized spacial score (nSPS) is 11.8. The Morgan fingerprint density at radius 2 is 1.68 bits per heavy atom. The van der Waals surface area contributed by atoms with Gasteiger partial charge in [-0.25, -0.2) is 12.8 Å². The maximum atomic E-state index is 14.6. The van der Waals surface area contributed by atoms with Crippen LogP contribution in [0.5, 0.6) is 11.5 Å². The van der Waals surface area contributed by atoms with E-state index in [2.05, 4.69) is 5.32 Å². The van der Waals surface area contributed by atoms with Gasteiger partial charge >= 0.3 is 0 Å². The maximum Gasteiger partial charge on any atom is 0.264 e. The summed E-state index contributed by atoms with van der Waals surface area (Å²) in [6.45, 7) is 4.44. The van der Waals surface area contributed by atoms with Crippen LogP contribution in [-0.2, 0) is 26.2 Å². The minimum Gasteiger partial charge on any atom is -0.497 e. The molecule has 0 unspecified atom stereocenters. The van der Waals surface area contributed by atoms with Crippen LogP contribution in [0.15, 0.2) is 71.6 Å². The number of hydrogen-bond acceptors (Lipinski definition) is 6. The number of likely N-dealkylation sites (N-methyl/N-ethyl adjacent to an activating group) is 1. The van der Waals surface area contributed by atoms with Gasteiger partial charge in [-0.2, -0.15) is 0 Å². The molecule has 0 aliphatic carbocycles. The molecule has 0 fully saturated rings. The van der Waals surface area contributed by atoms with Crippen LogP contribution in [0, 0.1) is 12.7 Å². The minimum absolute atomic E-state index is 0.0480. The minimum atomic E-state index is -4.32. The molecule has 3 aromatic rings. The first-order chi connectivity index (χ1) is 19.0. The van der Waals surface area contributed by atoms with Gasteiger partial charge in [0.25, 0.3) is 10.0 Å². The second kappa shape index (κ2) is 13.3. The van der Waals surface area contributed by atoms with Gasteiger partial charge in [-0.05, 0) is 51.1 Å². The second-order valence-corrected chi connectivity index (χ2v) is 10.9. The number of nitrogens with one attached hydrogen (secondary N) is 1. The first kappa shape index (κ1) is 30.4. The summed E-state index contributed by atoms with van der Waals surface area (Å²) in [5, 5.41) is 2.67. The van der Waals surface area contributed by atoms with Crippen LogP contribution in [0.1, 0.15) is 25.0 Å². The number of amides is 2. The zero-order valence-electron chi connectivity index (χ0n) is 23.2. The van der Waals surface area contributed by atoms with Crippen molar-refractivity contribution in [1.29, 1.82) is 0 Å². The average molecular weight is 572 g/mol. The predicted molar refractivity (Wildman–Crippen MR) is 150 cm³/mol. The highest BCUT2D eigenvalue weighted by atomic mass is 32.2. The van der Waals surface area contributed by atoms with E-state index < -0.39 is 40.2 Å². The third-order valence-corrected chi connectivity index (χ3v) is 8.13. The van der Waals surface area contributed by atoms with Gasteiger partial charge in [-0.15, -0.1) is 0 Å². The van der Waals surface area contributed by atoms with Gasteiger partial charge in [-0.1, -0.05) is 35.9 Å². The van der Waals surface area contributed by atoms with Crippen molar-refractivity contribution in [3.05, 3.63) is 83.7 Å². The quantitative estimate of drug-likeness (QED) is 0.354. The fraction of sp³-hybridized carbons (Fsp3) is 0.310. The number of benzene rings is 3. The van der Waals surface area contributed by atoms with Crippen molar-refractivity contribution in [3.63, 3.8) is 0 Å². The summed E-state index contributed by atoms with van der Waals surface area (Å²) in [6, 6.07) is 15.6. The summed E-state index contributed by atoms with van der Waals surface area (Å²) >= 11 is 0. The summed E-state index contributed by atoms with van der Waals surface area (Å²) < 4.78 is 54.3. The summed E-state index contributed by atoms with van der Waals surface area (Å²) in [5.74, 6) is -1.21. The Hall–Kier alpha value is -4.12. The van der Waals surface area contributed by atoms with E-state index in [-0.39, 0.29) is 28.4 Å². The van der Waals surface area contributed by atoms with Crippen molar-refractivity contribution < 1.29 is 31.9 Å². The lowest BCUT2D eigenvalue weighted by Gasteiger charge is -2.32. The molecule has 0 saturated heterocycles. The van der Waals surface area contributed by atoms with Crippen molar-refractivity contribution in [2.24, 2.45) is 0 Å². The molecule has 0 aliphatic heterocycles. The summed E-state index contributed by atoms with van der Waals surface area (Å²) in [6.07, 6.45) is 0. The molecule has 0 radical (unpaired) electrons. The van der Waals surface area contributed by atoms with E-state index in [1.165, 1.54) is 63.6 Å². The lowest BCUT2D eigenvalue weighted by molar-refractivity contribution is -0.139. The Bertz CT molecular complexity index is 1450. The van der Waals surface area contributed by atoms with E-state index in [0.717, 1.165) is 14.8 Å². The van der Waals surface area contributed by atoms with Crippen LogP contribution in [-0.4, -0.2) is 58.5 Å². The highest BCUT2D eigenvalue weighted by molar-refractivity contribution is 7.92. The van der Waals surface area contributed by atoms with E-state index in [4.69, 9.17) is 9.47 Å². The number of carbonyl (C=O) groups excluding carboxylic acids is 2. The second-order valence-electron chi connectivity index (χ2n) is 9.05. The Morgan fingerprint density at radius 3 is 2.27 bits per heavy atom. The highest BCUT2D eigenvalue weighted by Crippen LogP contribution is 2.36. The molecule has 2 amide bonds. The van der Waals surface area contributed by atoms with Crippen LogP contribution in [0.4, 0.5) is 10.1 Å². The van der Waals surface area contributed by atoms with Crippen LogP contribution >= 0.6 is 0 Å². The average Bonchev–Trinajstić information content (AvgIpc) is 2.94. The summed E-state index contributed by atoms with van der Waals surface area (Å²) in [5.41, 5.74) is 1.10. The third kappa shape index (κ3) is 6.90. The van der Waals surface area contributed by atoms with Gasteiger partial charge < -0.3 is 19.7 Å². The van der Waals surface area contributed by atoms with Gasteiger partial charge in [0, 0.05) is 24.7 Å². The van der Waals surface area contributed by atoms with Gasteiger partial charge in [0.2, 0.25) is 11.8 Å². The summed E-state index contributed by atoms with van der Waals surface area (Å²) in [7, 11) is -1.51. The molecule has 0 aromatic heterocycles. The van der Waals surface area contributed by atoms with Crippen molar-refractivity contribution in [2.75, 3.05) is 31.6 Å². The molecule has 0 heterocycles. The van der Waals surface area contributed by atoms with Crippen LogP contribution in [0.2, 0.25) is 0 Å². The van der Waals surface area contributed by atoms with Gasteiger partial charge in [0.05, 0.1) is 24.8 Å². The lowest BCUT2D eigenvalue weighted by Crippen LogP contribution is -2.51. The molecular formula is C29H34FN3O6S. The molecular weight excluding hydrogens is 537 g/mol. The number of ether oxygens (including phenoxy) is 2. The molecule has 0 bridgehead atoms. The topological polar surface area (TPSA) is 105 Å². The molecule has 3 rings (SSSR count). The number of hydrogen-bond donors (Lipinski definition) is 1. The number of carbonyl (C=O) groups is 2. The molecule has 1 N–H and O–H groups in total. The molecule has 40 heavy (non-hydrogen) atoms. The molecule has 1 atom stereocenters. The SMILES string of the molecule is CCNC(=O)[C@@H](C)N(Cc1ccccc1F)C(=O)CN(c1cc(OC)ccc1OC)S(=O)(=O)c1ccc(C)cc1. The smallest absolute Gasteiger partial charge is 0.264 e. The Kier molecular flexibility index (Phi) is 10.1. The molecule has 0 spiro atoms. The van der Waals surface area contributed by atoms with Crippen LogP contribution < -0.4 is 19.1 Å². The fourth-order valence-electron chi connectivity index (χ4n) is 4.06. The first-order valence-corrected chi connectivity index (χ1v) is 14.1. The summed E-state index contributed by atoms with van der Waals surface area (Å²) in [4.78, 5) is 27.8. The number of methoxy groups -OCH3 is 2. The van der Waals surface area contributed by atoms with Crippen LogP contribution in [0.3, 0.4) is 0 Å². The number of nitrogens with zero attached hydrogens (tertiary/aromatic N) is 2.